The van der Waals surface area contributed by atoms with Crippen molar-refractivity contribution in [2.45, 2.75) is 58.2 Å². The second-order valence-corrected chi connectivity index (χ2v) is 8.67. The van der Waals surface area contributed by atoms with Crippen LogP contribution < -0.4 is 0 Å². The summed E-state index contributed by atoms with van der Waals surface area (Å²) in [5.41, 5.74) is -0.660. The first-order valence-corrected chi connectivity index (χ1v) is 11.0. The standard InChI is InChI=1S/C21H23F3N4OS/c1-3-13-7-5-6-10-27(13)20(29)16-12-19-25-15(17-9-8-14(4-2)30-17)11-18(21(22,23)24)28(19)26-16/h8-9,11-13H,3-7,10H2,1-2H3/t13-/m0/s1. The number of rotatable bonds is 4. The molecule has 0 aromatic carbocycles. The van der Waals surface area contributed by atoms with E-state index in [-0.39, 0.29) is 29.0 Å². The molecule has 1 aliphatic rings. The predicted molar refractivity (Wildman–Crippen MR) is 110 cm³/mol. The number of thiophene rings is 1. The van der Waals surface area contributed by atoms with E-state index in [0.29, 0.717) is 11.4 Å². The van der Waals surface area contributed by atoms with Crippen LogP contribution in [0.2, 0.25) is 0 Å². The van der Waals surface area contributed by atoms with E-state index in [1.165, 1.54) is 17.4 Å². The minimum absolute atomic E-state index is 0.00549. The van der Waals surface area contributed by atoms with Crippen LogP contribution in [0.3, 0.4) is 0 Å². The summed E-state index contributed by atoms with van der Waals surface area (Å²) in [6.45, 7) is 4.61. The van der Waals surface area contributed by atoms with E-state index in [2.05, 4.69) is 10.1 Å². The Morgan fingerprint density at radius 2 is 2.03 bits per heavy atom. The maximum Gasteiger partial charge on any atom is 0.433 e. The number of nitrogens with zero attached hydrogens (tertiary/aromatic N) is 4. The second-order valence-electron chi connectivity index (χ2n) is 7.50. The number of amides is 1. The number of hydrogen-bond acceptors (Lipinski definition) is 4. The molecule has 1 aliphatic heterocycles. The summed E-state index contributed by atoms with van der Waals surface area (Å²) < 4.78 is 42.1. The van der Waals surface area contributed by atoms with E-state index in [1.807, 2.05) is 19.9 Å². The van der Waals surface area contributed by atoms with Crippen molar-refractivity contribution in [3.05, 3.63) is 40.5 Å². The molecule has 30 heavy (non-hydrogen) atoms. The van der Waals surface area contributed by atoms with Gasteiger partial charge in [-0.1, -0.05) is 13.8 Å². The van der Waals surface area contributed by atoms with Gasteiger partial charge in [-0.2, -0.15) is 18.3 Å². The number of likely N-dealkylation sites (tertiary alicyclic amines) is 1. The van der Waals surface area contributed by atoms with Gasteiger partial charge in [-0.25, -0.2) is 9.50 Å². The van der Waals surface area contributed by atoms with Crippen LogP contribution in [0.5, 0.6) is 0 Å². The smallest absolute Gasteiger partial charge is 0.334 e. The van der Waals surface area contributed by atoms with E-state index >= 15 is 0 Å². The summed E-state index contributed by atoms with van der Waals surface area (Å²) in [4.78, 5) is 20.9. The van der Waals surface area contributed by atoms with Gasteiger partial charge in [0.1, 0.15) is 0 Å². The van der Waals surface area contributed by atoms with Crippen molar-refractivity contribution >= 4 is 22.9 Å². The molecular formula is C21H23F3N4OS. The van der Waals surface area contributed by atoms with E-state index in [1.54, 1.807) is 11.0 Å². The maximum absolute atomic E-state index is 13.8. The number of halogens is 3. The highest BCUT2D eigenvalue weighted by Crippen LogP contribution is 2.34. The molecule has 0 aliphatic carbocycles. The lowest BCUT2D eigenvalue weighted by atomic mass is 9.99. The van der Waals surface area contributed by atoms with Crippen molar-refractivity contribution in [2.75, 3.05) is 6.54 Å². The topological polar surface area (TPSA) is 50.5 Å². The fourth-order valence-corrected chi connectivity index (χ4v) is 4.86. The largest absolute Gasteiger partial charge is 0.433 e. The highest BCUT2D eigenvalue weighted by Gasteiger charge is 2.36. The van der Waals surface area contributed by atoms with Crippen molar-refractivity contribution in [1.82, 2.24) is 19.5 Å². The first kappa shape index (κ1) is 20.8. The van der Waals surface area contributed by atoms with Crippen molar-refractivity contribution in [1.29, 1.82) is 0 Å². The van der Waals surface area contributed by atoms with Gasteiger partial charge in [-0.05, 0) is 50.3 Å². The number of alkyl halides is 3. The molecule has 0 bridgehead atoms. The van der Waals surface area contributed by atoms with E-state index < -0.39 is 11.9 Å². The van der Waals surface area contributed by atoms with Crippen LogP contribution in [-0.2, 0) is 12.6 Å². The zero-order chi connectivity index (χ0) is 21.5. The minimum atomic E-state index is -4.62. The van der Waals surface area contributed by atoms with Crippen molar-refractivity contribution in [3.8, 4) is 10.6 Å². The molecule has 3 aromatic rings. The van der Waals surface area contributed by atoms with Gasteiger partial charge < -0.3 is 4.90 Å². The monoisotopic (exact) mass is 436 g/mol. The van der Waals surface area contributed by atoms with Crippen LogP contribution in [0.1, 0.15) is 60.6 Å². The van der Waals surface area contributed by atoms with Gasteiger partial charge in [0.15, 0.2) is 17.0 Å². The molecule has 0 unspecified atom stereocenters. The lowest BCUT2D eigenvalue weighted by Crippen LogP contribution is -2.43. The molecule has 3 aromatic heterocycles. The summed E-state index contributed by atoms with van der Waals surface area (Å²) in [5, 5.41) is 4.03. The molecule has 1 atom stereocenters. The Hall–Kier alpha value is -2.42. The Morgan fingerprint density at radius 1 is 1.23 bits per heavy atom. The summed E-state index contributed by atoms with van der Waals surface area (Å²) >= 11 is 1.42. The molecule has 0 radical (unpaired) electrons. The molecule has 5 nitrogen and oxygen atoms in total. The molecule has 1 fully saturated rings. The SMILES string of the molecule is CCc1ccc(-c2cc(C(F)(F)F)n3nc(C(=O)N4CCCC[C@@H]4CC)cc3n2)s1. The molecule has 4 heterocycles. The zero-order valence-corrected chi connectivity index (χ0v) is 17.7. The number of piperidine rings is 1. The molecule has 1 saturated heterocycles. The average Bonchev–Trinajstić information content (AvgIpc) is 3.38. The Bertz CT molecular complexity index is 1070. The van der Waals surface area contributed by atoms with Gasteiger partial charge in [-0.15, -0.1) is 11.3 Å². The fraction of sp³-hybridized carbons (Fsp3) is 0.476. The van der Waals surface area contributed by atoms with Crippen LogP contribution in [0.15, 0.2) is 24.3 Å². The van der Waals surface area contributed by atoms with Crippen molar-refractivity contribution in [3.63, 3.8) is 0 Å². The third-order valence-corrected chi connectivity index (χ3v) is 6.81. The number of carbonyl (C=O) groups excluding carboxylic acids is 1. The Kier molecular flexibility index (Phi) is 5.57. The Morgan fingerprint density at radius 3 is 2.70 bits per heavy atom. The molecule has 0 N–H and O–H groups in total. The summed E-state index contributed by atoms with van der Waals surface area (Å²) in [6.07, 6.45) is -0.151. The van der Waals surface area contributed by atoms with E-state index in [4.69, 9.17) is 0 Å². The first-order chi connectivity index (χ1) is 14.3. The Labute approximate surface area is 176 Å². The third-order valence-electron chi connectivity index (χ3n) is 5.56. The van der Waals surface area contributed by atoms with Gasteiger partial charge in [0, 0.05) is 23.5 Å². The number of aromatic nitrogens is 3. The fourth-order valence-electron chi connectivity index (χ4n) is 3.95. The number of aryl methyl sites for hydroxylation is 1. The van der Waals surface area contributed by atoms with Crippen LogP contribution in [0.4, 0.5) is 13.2 Å². The van der Waals surface area contributed by atoms with Gasteiger partial charge in [-0.3, -0.25) is 4.79 Å². The van der Waals surface area contributed by atoms with Crippen LogP contribution >= 0.6 is 11.3 Å². The quantitative estimate of drug-likeness (QED) is 0.547. The molecule has 160 valence electrons. The van der Waals surface area contributed by atoms with Crippen LogP contribution in [0, 0.1) is 0 Å². The Balaban J connectivity index is 1.79. The van der Waals surface area contributed by atoms with E-state index in [0.717, 1.165) is 47.6 Å². The van der Waals surface area contributed by atoms with Crippen molar-refractivity contribution in [2.24, 2.45) is 0 Å². The summed E-state index contributed by atoms with van der Waals surface area (Å²) in [7, 11) is 0. The number of hydrogen-bond donors (Lipinski definition) is 0. The molecule has 0 saturated carbocycles. The average molecular weight is 437 g/mol. The zero-order valence-electron chi connectivity index (χ0n) is 16.9. The summed E-state index contributed by atoms with van der Waals surface area (Å²) in [5.74, 6) is -0.328. The predicted octanol–water partition coefficient (Wildman–Crippen LogP) is 5.44. The highest BCUT2D eigenvalue weighted by atomic mass is 32.1. The molecule has 1 amide bonds. The lowest BCUT2D eigenvalue weighted by molar-refractivity contribution is -0.142. The lowest BCUT2D eigenvalue weighted by Gasteiger charge is -2.34. The normalized spacial score (nSPS) is 17.6. The third kappa shape index (κ3) is 3.82. The van der Waals surface area contributed by atoms with Crippen molar-refractivity contribution < 1.29 is 18.0 Å². The van der Waals surface area contributed by atoms with Gasteiger partial charge in [0.05, 0.1) is 10.6 Å². The van der Waals surface area contributed by atoms with Crippen LogP contribution in [-0.4, -0.2) is 38.0 Å². The minimum Gasteiger partial charge on any atom is -0.334 e. The summed E-state index contributed by atoms with van der Waals surface area (Å²) in [6, 6.07) is 6.16. The van der Waals surface area contributed by atoms with Gasteiger partial charge >= 0.3 is 6.18 Å². The molecular weight excluding hydrogens is 413 g/mol. The highest BCUT2D eigenvalue weighted by molar-refractivity contribution is 7.15. The van der Waals surface area contributed by atoms with E-state index in [9.17, 15) is 18.0 Å². The second kappa shape index (κ2) is 8.02. The maximum atomic E-state index is 13.8. The number of fused-ring (bicyclic) bond motifs is 1. The molecule has 9 heteroatoms. The first-order valence-electron chi connectivity index (χ1n) is 10.2. The van der Waals surface area contributed by atoms with Gasteiger partial charge in [0.2, 0.25) is 0 Å². The van der Waals surface area contributed by atoms with Crippen LogP contribution in [0.25, 0.3) is 16.2 Å². The van der Waals surface area contributed by atoms with Gasteiger partial charge in [0.25, 0.3) is 5.91 Å². The number of carbonyl (C=O) groups is 1. The molecule has 0 spiro atoms. The molecule has 4 rings (SSSR count).